The average Bonchev–Trinajstić information content (AvgIpc) is 3.17. The van der Waals surface area contributed by atoms with Crippen molar-refractivity contribution in [1.29, 1.82) is 0 Å². The first-order valence-corrected chi connectivity index (χ1v) is 8.26. The molecule has 2 aliphatic rings. The Balaban J connectivity index is 1.64. The summed E-state index contributed by atoms with van der Waals surface area (Å²) in [7, 11) is 1.63. The molecule has 2 aliphatic heterocycles. The fourth-order valence-corrected chi connectivity index (χ4v) is 3.07. The molecule has 2 aromatic rings. The molecule has 2 aromatic carbocycles. The predicted octanol–water partition coefficient (Wildman–Crippen LogP) is 3.06. The molecule has 0 spiro atoms. The topological polar surface area (TPSA) is 45.1 Å². The highest BCUT2D eigenvalue weighted by molar-refractivity contribution is 6.19. The minimum atomic E-state index is -0.0413. The quantitative estimate of drug-likeness (QED) is 0.811. The summed E-state index contributed by atoms with van der Waals surface area (Å²) in [6.07, 6.45) is 1.82. The lowest BCUT2D eigenvalue weighted by Gasteiger charge is -2.17. The van der Waals surface area contributed by atoms with Gasteiger partial charge in [0.1, 0.15) is 11.4 Å². The van der Waals surface area contributed by atoms with Crippen molar-refractivity contribution in [3.05, 3.63) is 65.4 Å². The van der Waals surface area contributed by atoms with Gasteiger partial charge in [0, 0.05) is 18.8 Å². The summed E-state index contributed by atoms with van der Waals surface area (Å²) < 4.78 is 5.16. The maximum absolute atomic E-state index is 12.6. The molecule has 5 heteroatoms. The molecular weight excluding hydrogens is 314 g/mol. The number of hydrogen-bond donors (Lipinski definition) is 0. The van der Waals surface area contributed by atoms with Crippen LogP contribution >= 0.6 is 0 Å². The van der Waals surface area contributed by atoms with Crippen LogP contribution in [0.1, 0.15) is 11.1 Å². The Bertz CT molecular complexity index is 867. The van der Waals surface area contributed by atoms with Gasteiger partial charge in [-0.1, -0.05) is 29.8 Å². The van der Waals surface area contributed by atoms with Crippen molar-refractivity contribution in [2.24, 2.45) is 4.99 Å². The zero-order valence-corrected chi connectivity index (χ0v) is 14.3. The summed E-state index contributed by atoms with van der Waals surface area (Å²) in [5.74, 6) is 1.46. The molecule has 4 rings (SSSR count). The number of nitrogens with zero attached hydrogens (tertiary/aromatic N) is 3. The minimum absolute atomic E-state index is 0.0413. The number of carbonyl (C=O) groups excluding carboxylic acids is 1. The molecule has 25 heavy (non-hydrogen) atoms. The second-order valence-corrected chi connectivity index (χ2v) is 6.16. The van der Waals surface area contributed by atoms with E-state index in [0.717, 1.165) is 23.5 Å². The van der Waals surface area contributed by atoms with Crippen molar-refractivity contribution in [1.82, 2.24) is 4.90 Å². The van der Waals surface area contributed by atoms with Crippen LogP contribution in [-0.2, 0) is 4.79 Å². The predicted molar refractivity (Wildman–Crippen MR) is 98.6 cm³/mol. The summed E-state index contributed by atoms with van der Waals surface area (Å²) in [6, 6.07) is 15.9. The molecular formula is C20H19N3O2. The normalized spacial score (nSPS) is 17.9. The molecule has 0 bridgehead atoms. The summed E-state index contributed by atoms with van der Waals surface area (Å²) in [5, 5.41) is 0. The SMILES string of the molecule is COc1ccc(/C=C2\N=C3N(CCN3c3ccc(C)cc3)C2=O)cc1. The molecule has 0 N–H and O–H groups in total. The van der Waals surface area contributed by atoms with Gasteiger partial charge in [-0.05, 0) is 42.8 Å². The van der Waals surface area contributed by atoms with Crippen LogP contribution in [0.25, 0.3) is 6.08 Å². The van der Waals surface area contributed by atoms with Gasteiger partial charge in [-0.3, -0.25) is 9.69 Å². The minimum Gasteiger partial charge on any atom is -0.497 e. The second kappa shape index (κ2) is 6.09. The second-order valence-electron chi connectivity index (χ2n) is 6.16. The number of carbonyl (C=O) groups is 1. The molecule has 0 unspecified atom stereocenters. The van der Waals surface area contributed by atoms with Gasteiger partial charge in [-0.2, -0.15) is 0 Å². The molecule has 0 aliphatic carbocycles. The first kappa shape index (κ1) is 15.4. The van der Waals surface area contributed by atoms with E-state index in [2.05, 4.69) is 41.1 Å². The van der Waals surface area contributed by atoms with Crippen LogP contribution in [0.15, 0.2) is 59.2 Å². The first-order valence-electron chi connectivity index (χ1n) is 8.26. The molecule has 1 saturated heterocycles. The molecule has 1 fully saturated rings. The number of rotatable bonds is 3. The Hall–Kier alpha value is -3.08. The molecule has 0 atom stereocenters. The number of amides is 1. The van der Waals surface area contributed by atoms with Gasteiger partial charge < -0.3 is 9.64 Å². The number of aliphatic imine (C=N–C) groups is 1. The Morgan fingerprint density at radius 1 is 1.00 bits per heavy atom. The van der Waals surface area contributed by atoms with Crippen LogP contribution in [-0.4, -0.2) is 37.0 Å². The van der Waals surface area contributed by atoms with Crippen molar-refractivity contribution in [2.75, 3.05) is 25.1 Å². The van der Waals surface area contributed by atoms with Gasteiger partial charge >= 0.3 is 0 Å². The van der Waals surface area contributed by atoms with Crippen LogP contribution in [0.5, 0.6) is 5.75 Å². The van der Waals surface area contributed by atoms with Crippen LogP contribution in [0.4, 0.5) is 5.69 Å². The van der Waals surface area contributed by atoms with Crippen molar-refractivity contribution in [2.45, 2.75) is 6.92 Å². The highest BCUT2D eigenvalue weighted by Crippen LogP contribution is 2.28. The molecule has 1 amide bonds. The molecule has 0 saturated carbocycles. The van der Waals surface area contributed by atoms with Crippen LogP contribution in [0.3, 0.4) is 0 Å². The van der Waals surface area contributed by atoms with Crippen LogP contribution < -0.4 is 9.64 Å². The van der Waals surface area contributed by atoms with Gasteiger partial charge in [0.05, 0.1) is 7.11 Å². The zero-order valence-electron chi connectivity index (χ0n) is 14.3. The average molecular weight is 333 g/mol. The van der Waals surface area contributed by atoms with Gasteiger partial charge in [0.2, 0.25) is 5.96 Å². The third-order valence-electron chi connectivity index (χ3n) is 4.48. The number of ether oxygens (including phenoxy) is 1. The molecule has 0 aromatic heterocycles. The first-order chi connectivity index (χ1) is 12.2. The molecule has 126 valence electrons. The molecule has 5 nitrogen and oxygen atoms in total. The number of hydrogen-bond acceptors (Lipinski definition) is 4. The van der Waals surface area contributed by atoms with E-state index in [4.69, 9.17) is 4.74 Å². The number of guanidine groups is 1. The van der Waals surface area contributed by atoms with Gasteiger partial charge in [0.15, 0.2) is 0 Å². The van der Waals surface area contributed by atoms with Crippen molar-refractivity contribution >= 4 is 23.6 Å². The van der Waals surface area contributed by atoms with E-state index in [9.17, 15) is 4.79 Å². The Morgan fingerprint density at radius 2 is 1.68 bits per heavy atom. The fourth-order valence-electron chi connectivity index (χ4n) is 3.07. The van der Waals surface area contributed by atoms with Gasteiger partial charge in [-0.15, -0.1) is 0 Å². The van der Waals surface area contributed by atoms with Crippen molar-refractivity contribution in [3.63, 3.8) is 0 Å². The van der Waals surface area contributed by atoms with E-state index in [1.165, 1.54) is 5.56 Å². The molecule has 2 heterocycles. The number of methoxy groups -OCH3 is 1. The Labute approximate surface area is 146 Å². The summed E-state index contributed by atoms with van der Waals surface area (Å²) in [5.41, 5.74) is 3.67. The maximum atomic E-state index is 12.6. The lowest BCUT2D eigenvalue weighted by atomic mass is 10.2. The third-order valence-corrected chi connectivity index (χ3v) is 4.48. The van der Waals surface area contributed by atoms with Crippen molar-refractivity contribution in [3.8, 4) is 5.75 Å². The smallest absolute Gasteiger partial charge is 0.279 e. The van der Waals surface area contributed by atoms with Crippen LogP contribution in [0.2, 0.25) is 0 Å². The lowest BCUT2D eigenvalue weighted by Crippen LogP contribution is -2.32. The van der Waals surface area contributed by atoms with E-state index in [0.29, 0.717) is 18.2 Å². The van der Waals surface area contributed by atoms with E-state index >= 15 is 0 Å². The van der Waals surface area contributed by atoms with E-state index in [-0.39, 0.29) is 5.91 Å². The van der Waals surface area contributed by atoms with E-state index in [1.807, 2.05) is 30.3 Å². The Kier molecular flexibility index (Phi) is 3.76. The number of fused-ring (bicyclic) bond motifs is 1. The number of aryl methyl sites for hydroxylation is 1. The summed E-state index contributed by atoms with van der Waals surface area (Å²) >= 11 is 0. The third kappa shape index (κ3) is 2.78. The lowest BCUT2D eigenvalue weighted by molar-refractivity contribution is -0.122. The summed E-state index contributed by atoms with van der Waals surface area (Å²) in [6.45, 7) is 3.49. The largest absolute Gasteiger partial charge is 0.497 e. The monoisotopic (exact) mass is 333 g/mol. The van der Waals surface area contributed by atoms with E-state index in [1.54, 1.807) is 12.0 Å². The highest BCUT2D eigenvalue weighted by atomic mass is 16.5. The van der Waals surface area contributed by atoms with Crippen molar-refractivity contribution < 1.29 is 9.53 Å². The number of anilines is 1. The van der Waals surface area contributed by atoms with Gasteiger partial charge in [-0.25, -0.2) is 4.99 Å². The van der Waals surface area contributed by atoms with E-state index < -0.39 is 0 Å². The van der Waals surface area contributed by atoms with Crippen LogP contribution in [0, 0.1) is 6.92 Å². The summed E-state index contributed by atoms with van der Waals surface area (Å²) in [4.78, 5) is 21.1. The number of benzene rings is 2. The zero-order chi connectivity index (χ0) is 17.4. The highest BCUT2D eigenvalue weighted by Gasteiger charge is 2.38. The maximum Gasteiger partial charge on any atom is 0.279 e. The Morgan fingerprint density at radius 3 is 2.36 bits per heavy atom. The molecule has 0 radical (unpaired) electrons. The fraction of sp³-hybridized carbons (Fsp3) is 0.200. The van der Waals surface area contributed by atoms with Gasteiger partial charge in [0.25, 0.3) is 5.91 Å². The standard InChI is InChI=1S/C20H19N3O2/c1-14-3-7-16(8-4-14)22-11-12-23-19(24)18(21-20(22)23)13-15-5-9-17(25-2)10-6-15/h3-10,13H,11-12H2,1-2H3/b18-13-.